The highest BCUT2D eigenvalue weighted by molar-refractivity contribution is 6.05. The van der Waals surface area contributed by atoms with Crippen molar-refractivity contribution in [3.8, 4) is 0 Å². The van der Waals surface area contributed by atoms with Gasteiger partial charge in [-0.3, -0.25) is 9.89 Å². The summed E-state index contributed by atoms with van der Waals surface area (Å²) in [4.78, 5) is 11.7. The molecule has 0 bridgehead atoms. The van der Waals surface area contributed by atoms with Gasteiger partial charge in [0.2, 0.25) is 5.91 Å². The molecule has 0 saturated heterocycles. The molecule has 0 atom stereocenters. The van der Waals surface area contributed by atoms with E-state index < -0.39 is 5.41 Å². The number of amidine groups is 1. The summed E-state index contributed by atoms with van der Waals surface area (Å²) in [6.07, 6.45) is 3.29. The Bertz CT molecular complexity index is 383. The fourth-order valence-corrected chi connectivity index (χ4v) is 1.02. The highest BCUT2D eigenvalue weighted by Gasteiger charge is 2.32. The third kappa shape index (κ3) is 2.50. The number of H-pyrrole nitrogens is 1. The van der Waals surface area contributed by atoms with Crippen LogP contribution in [0.15, 0.2) is 17.5 Å². The van der Waals surface area contributed by atoms with Gasteiger partial charge in [0.1, 0.15) is 5.41 Å². The number of nitrogens with zero attached hydrogens (tertiary/aromatic N) is 2. The maximum absolute atomic E-state index is 11.7. The van der Waals surface area contributed by atoms with Crippen LogP contribution in [0.1, 0.15) is 19.4 Å². The summed E-state index contributed by atoms with van der Waals surface area (Å²) in [6.45, 7) is 3.50. The summed E-state index contributed by atoms with van der Waals surface area (Å²) < 4.78 is 0. The minimum Gasteiger partial charge on any atom is -0.409 e. The number of aromatic nitrogens is 2. The number of carbonyl (C=O) groups is 1. The summed E-state index contributed by atoms with van der Waals surface area (Å²) in [5.41, 5.74) is 5.23. The van der Waals surface area contributed by atoms with Gasteiger partial charge in [-0.05, 0) is 13.8 Å². The average molecular weight is 225 g/mol. The zero-order chi connectivity index (χ0) is 12.2. The van der Waals surface area contributed by atoms with Crippen LogP contribution in [0, 0.1) is 5.41 Å². The number of nitrogens with two attached hydrogens (primary N) is 1. The van der Waals surface area contributed by atoms with E-state index >= 15 is 0 Å². The third-order valence-corrected chi connectivity index (χ3v) is 2.32. The molecule has 0 radical (unpaired) electrons. The van der Waals surface area contributed by atoms with Crippen LogP contribution in [0.4, 0.5) is 0 Å². The van der Waals surface area contributed by atoms with Crippen molar-refractivity contribution in [2.24, 2.45) is 16.3 Å². The molecule has 1 aromatic heterocycles. The lowest BCUT2D eigenvalue weighted by atomic mass is 9.91. The predicted molar refractivity (Wildman–Crippen MR) is 57.6 cm³/mol. The largest absolute Gasteiger partial charge is 0.409 e. The molecule has 1 aromatic rings. The summed E-state index contributed by atoms with van der Waals surface area (Å²) >= 11 is 0. The predicted octanol–water partition coefficient (Wildman–Crippen LogP) is -0.201. The normalized spacial score (nSPS) is 12.5. The number of hydrogen-bond donors (Lipinski definition) is 4. The Morgan fingerprint density at radius 3 is 2.94 bits per heavy atom. The van der Waals surface area contributed by atoms with Crippen LogP contribution in [0.2, 0.25) is 0 Å². The Hall–Kier alpha value is -2.05. The minimum atomic E-state index is -1.04. The Balaban J connectivity index is 2.59. The Morgan fingerprint density at radius 1 is 1.75 bits per heavy atom. The van der Waals surface area contributed by atoms with Gasteiger partial charge in [-0.1, -0.05) is 5.16 Å². The van der Waals surface area contributed by atoms with Crippen molar-refractivity contribution in [1.29, 1.82) is 0 Å². The number of oxime groups is 1. The lowest BCUT2D eigenvalue weighted by Gasteiger charge is -2.21. The molecule has 0 aliphatic heterocycles. The lowest BCUT2D eigenvalue weighted by molar-refractivity contribution is -0.126. The standard InChI is InChI=1S/C9H15N5O2/c1-9(2,7(10)14-16)8(15)11-3-6-4-12-13-5-6/h4-5,16H,3H2,1-2H3,(H2,10,14)(H,11,15)(H,12,13). The minimum absolute atomic E-state index is 0.128. The second kappa shape index (κ2) is 4.65. The maximum Gasteiger partial charge on any atom is 0.233 e. The van der Waals surface area contributed by atoms with Gasteiger partial charge < -0.3 is 16.3 Å². The molecule has 7 nitrogen and oxygen atoms in total. The first-order chi connectivity index (χ1) is 7.48. The van der Waals surface area contributed by atoms with Crippen LogP contribution >= 0.6 is 0 Å². The van der Waals surface area contributed by atoms with Crippen LogP contribution in [0.25, 0.3) is 0 Å². The molecule has 1 heterocycles. The van der Waals surface area contributed by atoms with E-state index in [-0.39, 0.29) is 11.7 Å². The zero-order valence-corrected chi connectivity index (χ0v) is 9.19. The highest BCUT2D eigenvalue weighted by atomic mass is 16.4. The van der Waals surface area contributed by atoms with Gasteiger partial charge in [-0.25, -0.2) is 0 Å². The number of amides is 1. The molecule has 0 unspecified atom stereocenters. The molecule has 0 aromatic carbocycles. The number of aromatic amines is 1. The Kier molecular flexibility index (Phi) is 3.49. The van der Waals surface area contributed by atoms with E-state index in [2.05, 4.69) is 20.7 Å². The molecule has 0 fully saturated rings. The fourth-order valence-electron chi connectivity index (χ4n) is 1.02. The SMILES string of the molecule is CC(C)(C(=O)NCc1cn[nH]c1)C(N)=NO. The van der Waals surface area contributed by atoms with E-state index in [9.17, 15) is 4.79 Å². The van der Waals surface area contributed by atoms with Gasteiger partial charge in [0.25, 0.3) is 0 Å². The van der Waals surface area contributed by atoms with Crippen molar-refractivity contribution in [2.45, 2.75) is 20.4 Å². The topological polar surface area (TPSA) is 116 Å². The smallest absolute Gasteiger partial charge is 0.233 e. The van der Waals surface area contributed by atoms with Crippen LogP contribution in [0.3, 0.4) is 0 Å². The Morgan fingerprint density at radius 2 is 2.44 bits per heavy atom. The van der Waals surface area contributed by atoms with Gasteiger partial charge in [-0.2, -0.15) is 5.10 Å². The summed E-state index contributed by atoms with van der Waals surface area (Å²) in [6, 6.07) is 0. The maximum atomic E-state index is 11.7. The van der Waals surface area contributed by atoms with Crippen LogP contribution in [-0.4, -0.2) is 27.1 Å². The number of nitrogens with one attached hydrogen (secondary N) is 2. The average Bonchev–Trinajstić information content (AvgIpc) is 2.77. The Labute approximate surface area is 92.7 Å². The third-order valence-electron chi connectivity index (χ3n) is 2.32. The quantitative estimate of drug-likeness (QED) is 0.246. The molecule has 0 saturated carbocycles. The lowest BCUT2D eigenvalue weighted by Crippen LogP contribution is -2.45. The van der Waals surface area contributed by atoms with E-state index in [1.165, 1.54) is 0 Å². The van der Waals surface area contributed by atoms with Crippen molar-refractivity contribution in [2.75, 3.05) is 0 Å². The number of carbonyl (C=O) groups excluding carboxylic acids is 1. The molecule has 0 spiro atoms. The second-order valence-electron chi connectivity index (χ2n) is 3.90. The molecule has 1 rings (SSSR count). The second-order valence-corrected chi connectivity index (χ2v) is 3.90. The fraction of sp³-hybridized carbons (Fsp3) is 0.444. The zero-order valence-electron chi connectivity index (χ0n) is 9.19. The molecule has 5 N–H and O–H groups in total. The van der Waals surface area contributed by atoms with Crippen LogP contribution in [-0.2, 0) is 11.3 Å². The van der Waals surface area contributed by atoms with Crippen LogP contribution in [0.5, 0.6) is 0 Å². The highest BCUT2D eigenvalue weighted by Crippen LogP contribution is 2.15. The van der Waals surface area contributed by atoms with E-state index in [0.29, 0.717) is 6.54 Å². The number of hydrogen-bond acceptors (Lipinski definition) is 4. The summed E-state index contributed by atoms with van der Waals surface area (Å²) in [5.74, 6) is -0.443. The van der Waals surface area contributed by atoms with Crippen molar-refractivity contribution >= 4 is 11.7 Å². The summed E-state index contributed by atoms with van der Waals surface area (Å²) in [5, 5.41) is 20.4. The van der Waals surface area contributed by atoms with Gasteiger partial charge in [-0.15, -0.1) is 0 Å². The van der Waals surface area contributed by atoms with Gasteiger partial charge in [0.05, 0.1) is 6.20 Å². The van der Waals surface area contributed by atoms with E-state index in [4.69, 9.17) is 10.9 Å². The van der Waals surface area contributed by atoms with Crippen molar-refractivity contribution < 1.29 is 10.0 Å². The van der Waals surface area contributed by atoms with Crippen molar-refractivity contribution in [3.05, 3.63) is 18.0 Å². The first-order valence-electron chi connectivity index (χ1n) is 4.72. The van der Waals surface area contributed by atoms with Gasteiger partial charge >= 0.3 is 0 Å². The summed E-state index contributed by atoms with van der Waals surface area (Å²) in [7, 11) is 0. The van der Waals surface area contributed by atoms with Gasteiger partial charge in [0, 0.05) is 18.3 Å². The first-order valence-corrected chi connectivity index (χ1v) is 4.72. The monoisotopic (exact) mass is 225 g/mol. The molecule has 0 aliphatic rings. The van der Waals surface area contributed by atoms with Crippen molar-refractivity contribution in [3.63, 3.8) is 0 Å². The van der Waals surface area contributed by atoms with E-state index in [1.807, 2.05) is 0 Å². The van der Waals surface area contributed by atoms with Crippen LogP contribution < -0.4 is 11.1 Å². The molecule has 0 aliphatic carbocycles. The molecule has 88 valence electrons. The van der Waals surface area contributed by atoms with Gasteiger partial charge in [0.15, 0.2) is 5.84 Å². The molecular formula is C9H15N5O2. The van der Waals surface area contributed by atoms with E-state index in [1.54, 1.807) is 26.2 Å². The first kappa shape index (κ1) is 12.0. The molecule has 16 heavy (non-hydrogen) atoms. The molecule has 7 heteroatoms. The molecule has 1 amide bonds. The molecular weight excluding hydrogens is 210 g/mol. The van der Waals surface area contributed by atoms with E-state index in [0.717, 1.165) is 5.56 Å². The van der Waals surface area contributed by atoms with Crippen molar-refractivity contribution in [1.82, 2.24) is 15.5 Å². The number of rotatable bonds is 4.